The average Bonchev–Trinajstić information content (AvgIpc) is 3.41. The molecule has 0 spiro atoms. The summed E-state index contributed by atoms with van der Waals surface area (Å²) in [4.78, 5) is 13.2. The second-order valence-electron chi connectivity index (χ2n) is 8.82. The van der Waals surface area contributed by atoms with Crippen LogP contribution < -0.4 is 4.74 Å². The van der Waals surface area contributed by atoms with Gasteiger partial charge in [0.1, 0.15) is 23.8 Å². The summed E-state index contributed by atoms with van der Waals surface area (Å²) in [6.45, 7) is 7.24. The fourth-order valence-corrected chi connectivity index (χ4v) is 4.24. The first-order valence-corrected chi connectivity index (χ1v) is 9.92. The maximum atomic E-state index is 13.4. The predicted molar refractivity (Wildman–Crippen MR) is 108 cm³/mol. The molecule has 1 amide bonds. The lowest BCUT2D eigenvalue weighted by Gasteiger charge is -2.37. The molecule has 3 atom stereocenters. The molecule has 0 radical (unpaired) electrons. The van der Waals surface area contributed by atoms with Crippen molar-refractivity contribution in [1.29, 1.82) is 0 Å². The molecule has 2 aromatic rings. The monoisotopic (exact) mass is 399 g/mol. The van der Waals surface area contributed by atoms with Crippen LogP contribution in [0.15, 0.2) is 42.5 Å². The molecular weight excluding hydrogens is 373 g/mol. The molecule has 0 aromatic heterocycles. The third kappa shape index (κ3) is 4.08. The van der Waals surface area contributed by atoms with Crippen molar-refractivity contribution in [2.75, 3.05) is 13.2 Å². The second-order valence-corrected chi connectivity index (χ2v) is 8.82. The number of amides is 1. The number of epoxide rings is 1. The smallest absolute Gasteiger partial charge is 0.407 e. The van der Waals surface area contributed by atoms with Gasteiger partial charge in [-0.2, -0.15) is 0 Å². The van der Waals surface area contributed by atoms with E-state index in [4.69, 9.17) is 9.47 Å². The van der Waals surface area contributed by atoms with Crippen LogP contribution in [0, 0.1) is 11.2 Å². The van der Waals surface area contributed by atoms with Crippen LogP contribution in [0.2, 0.25) is 0 Å². The zero-order chi connectivity index (χ0) is 20.8. The highest BCUT2D eigenvalue weighted by atomic mass is 19.1. The number of rotatable bonds is 4. The van der Waals surface area contributed by atoms with Gasteiger partial charge in [0.2, 0.25) is 0 Å². The molecule has 0 aliphatic carbocycles. The minimum absolute atomic E-state index is 0.0968. The van der Waals surface area contributed by atoms with Crippen LogP contribution in [-0.2, 0) is 4.74 Å². The zero-order valence-corrected chi connectivity index (χ0v) is 16.9. The summed E-state index contributed by atoms with van der Waals surface area (Å²) in [5.74, 6) is 0.381. The maximum absolute atomic E-state index is 13.4. The van der Waals surface area contributed by atoms with Gasteiger partial charge in [-0.05, 0) is 40.8 Å². The summed E-state index contributed by atoms with van der Waals surface area (Å²) in [6, 6.07) is 12.0. The average molecular weight is 399 g/mol. The van der Waals surface area contributed by atoms with Crippen molar-refractivity contribution in [2.45, 2.75) is 45.4 Å². The SMILES string of the molecule is CC(C)(C)C1[C@@H](Oc2ccc(C3CO3)cc2-c2ccc(F)cc2)CCN1C(=O)O. The van der Waals surface area contributed by atoms with E-state index in [1.54, 1.807) is 12.1 Å². The lowest BCUT2D eigenvalue weighted by molar-refractivity contribution is 0.0574. The fraction of sp³-hybridized carbons (Fsp3) is 0.435. The van der Waals surface area contributed by atoms with Crippen molar-refractivity contribution in [3.05, 3.63) is 53.8 Å². The van der Waals surface area contributed by atoms with Gasteiger partial charge in [0.05, 0.1) is 12.6 Å². The molecule has 1 N–H and O–H groups in total. The highest BCUT2D eigenvalue weighted by Crippen LogP contribution is 2.40. The quantitative estimate of drug-likeness (QED) is 0.726. The van der Waals surface area contributed by atoms with E-state index in [9.17, 15) is 14.3 Å². The van der Waals surface area contributed by atoms with Crippen molar-refractivity contribution in [3.8, 4) is 16.9 Å². The molecule has 5 nitrogen and oxygen atoms in total. The highest BCUT2D eigenvalue weighted by molar-refractivity contribution is 5.71. The molecule has 2 saturated heterocycles. The van der Waals surface area contributed by atoms with Gasteiger partial charge in [-0.25, -0.2) is 9.18 Å². The molecule has 2 unspecified atom stereocenters. The van der Waals surface area contributed by atoms with Crippen LogP contribution in [0.1, 0.15) is 38.9 Å². The highest BCUT2D eigenvalue weighted by Gasteiger charge is 2.45. The molecular formula is C23H26FNO4. The Morgan fingerprint density at radius 1 is 1.21 bits per heavy atom. The molecule has 6 heteroatoms. The number of carbonyl (C=O) groups is 1. The Labute approximate surface area is 170 Å². The first-order valence-electron chi connectivity index (χ1n) is 9.92. The van der Waals surface area contributed by atoms with E-state index in [-0.39, 0.29) is 29.5 Å². The minimum atomic E-state index is -0.920. The van der Waals surface area contributed by atoms with Gasteiger partial charge in [0.25, 0.3) is 0 Å². The van der Waals surface area contributed by atoms with E-state index < -0.39 is 6.09 Å². The van der Waals surface area contributed by atoms with Crippen LogP contribution >= 0.6 is 0 Å². The van der Waals surface area contributed by atoms with Crippen LogP contribution in [0.4, 0.5) is 9.18 Å². The number of nitrogens with zero attached hydrogens (tertiary/aromatic N) is 1. The summed E-state index contributed by atoms with van der Waals surface area (Å²) in [7, 11) is 0. The summed E-state index contributed by atoms with van der Waals surface area (Å²) < 4.78 is 25.3. The lowest BCUT2D eigenvalue weighted by Crippen LogP contribution is -2.48. The Morgan fingerprint density at radius 2 is 1.90 bits per heavy atom. The third-order valence-electron chi connectivity index (χ3n) is 5.62. The maximum Gasteiger partial charge on any atom is 0.407 e. The Hall–Kier alpha value is -2.60. The lowest BCUT2D eigenvalue weighted by atomic mass is 9.83. The largest absolute Gasteiger partial charge is 0.488 e. The second kappa shape index (κ2) is 7.34. The Bertz CT molecular complexity index is 902. The molecule has 4 rings (SSSR count). The first kappa shape index (κ1) is 19.7. The number of likely N-dealkylation sites (tertiary alicyclic amines) is 1. The molecule has 0 saturated carbocycles. The summed E-state index contributed by atoms with van der Waals surface area (Å²) >= 11 is 0. The topological polar surface area (TPSA) is 62.3 Å². The number of benzene rings is 2. The summed E-state index contributed by atoms with van der Waals surface area (Å²) in [6.07, 6.45) is -0.450. The van der Waals surface area contributed by atoms with Crippen molar-refractivity contribution in [2.24, 2.45) is 5.41 Å². The standard InChI is InChI=1S/C23H26FNO4/c1-23(2,3)21-19(10-11-25(21)22(26)27)29-18-9-6-15(20-13-28-20)12-17(18)14-4-7-16(24)8-5-14/h4-9,12,19-21H,10-11,13H2,1-3H3,(H,26,27)/t19-,20?,21?/m0/s1. The molecule has 2 aliphatic heterocycles. The molecule has 29 heavy (non-hydrogen) atoms. The molecule has 154 valence electrons. The molecule has 2 aromatic carbocycles. The van der Waals surface area contributed by atoms with Gasteiger partial charge in [0, 0.05) is 18.5 Å². The van der Waals surface area contributed by atoms with Crippen molar-refractivity contribution in [3.63, 3.8) is 0 Å². The van der Waals surface area contributed by atoms with E-state index >= 15 is 0 Å². The van der Waals surface area contributed by atoms with Crippen LogP contribution in [0.5, 0.6) is 5.75 Å². The van der Waals surface area contributed by atoms with E-state index in [0.717, 1.165) is 16.7 Å². The molecule has 2 aliphatic rings. The minimum Gasteiger partial charge on any atom is -0.488 e. The third-order valence-corrected chi connectivity index (χ3v) is 5.62. The van der Waals surface area contributed by atoms with Gasteiger partial charge < -0.3 is 19.5 Å². The number of hydrogen-bond acceptors (Lipinski definition) is 3. The van der Waals surface area contributed by atoms with E-state index in [1.807, 2.05) is 39.0 Å². The Kier molecular flexibility index (Phi) is 4.99. The van der Waals surface area contributed by atoms with Crippen LogP contribution in [0.25, 0.3) is 11.1 Å². The van der Waals surface area contributed by atoms with Crippen LogP contribution in [0.3, 0.4) is 0 Å². The van der Waals surface area contributed by atoms with E-state index in [0.29, 0.717) is 25.3 Å². The predicted octanol–water partition coefficient (Wildman–Crippen LogP) is 5.11. The van der Waals surface area contributed by atoms with Gasteiger partial charge in [-0.3, -0.25) is 0 Å². The van der Waals surface area contributed by atoms with Gasteiger partial charge >= 0.3 is 6.09 Å². The Balaban J connectivity index is 1.69. The van der Waals surface area contributed by atoms with Gasteiger partial charge in [0.15, 0.2) is 0 Å². The summed E-state index contributed by atoms with van der Waals surface area (Å²) in [5, 5.41) is 9.61. The fourth-order valence-electron chi connectivity index (χ4n) is 4.24. The van der Waals surface area contributed by atoms with Crippen molar-refractivity contribution >= 4 is 6.09 Å². The molecule has 2 fully saturated rings. The number of halogens is 1. The van der Waals surface area contributed by atoms with Gasteiger partial charge in [-0.15, -0.1) is 0 Å². The summed E-state index contributed by atoms with van der Waals surface area (Å²) in [5.41, 5.74) is 2.50. The van der Waals surface area contributed by atoms with Gasteiger partial charge in [-0.1, -0.05) is 39.0 Å². The molecule has 0 bridgehead atoms. The van der Waals surface area contributed by atoms with Crippen molar-refractivity contribution < 1.29 is 23.8 Å². The van der Waals surface area contributed by atoms with Crippen molar-refractivity contribution in [1.82, 2.24) is 4.90 Å². The van der Waals surface area contributed by atoms with E-state index in [1.165, 1.54) is 17.0 Å². The Morgan fingerprint density at radius 3 is 2.48 bits per heavy atom. The number of ether oxygens (including phenoxy) is 2. The first-order chi connectivity index (χ1) is 13.7. The normalized spacial score (nSPS) is 23.9. The van der Waals surface area contributed by atoms with Crippen LogP contribution in [-0.4, -0.2) is 41.4 Å². The number of hydrogen-bond donors (Lipinski definition) is 1. The van der Waals surface area contributed by atoms with E-state index in [2.05, 4.69) is 0 Å². The molecule has 2 heterocycles. The number of carboxylic acid groups (broad SMARTS) is 1. The zero-order valence-electron chi connectivity index (χ0n) is 16.9.